The fourth-order valence-corrected chi connectivity index (χ4v) is 2.16. The minimum absolute atomic E-state index is 0.166. The Bertz CT molecular complexity index is 540. The molecule has 1 atom stereocenters. The molecule has 2 aromatic rings. The summed E-state index contributed by atoms with van der Waals surface area (Å²) in [6.07, 6.45) is 0. The van der Waals surface area contributed by atoms with Crippen LogP contribution in [0.1, 0.15) is 18.5 Å². The van der Waals surface area contributed by atoms with E-state index in [0.717, 1.165) is 10.2 Å². The van der Waals surface area contributed by atoms with Crippen molar-refractivity contribution in [3.05, 3.63) is 57.5 Å². The van der Waals surface area contributed by atoms with Crippen molar-refractivity contribution in [2.24, 2.45) is 0 Å². The Hall–Kier alpha value is -1.19. The first-order valence-electron chi connectivity index (χ1n) is 5.63. The summed E-state index contributed by atoms with van der Waals surface area (Å²) in [6, 6.07) is 13.8. The normalized spacial score (nSPS) is 12.2. The molecule has 2 nitrogen and oxygen atoms in total. The van der Waals surface area contributed by atoms with Crippen LogP contribution in [0.2, 0.25) is 5.02 Å². The number of hydrogen-bond acceptors (Lipinski definition) is 2. The van der Waals surface area contributed by atoms with Crippen molar-refractivity contribution in [1.29, 1.82) is 0 Å². The first kappa shape index (κ1) is 13.2. The Labute approximate surface area is 120 Å². The second-order valence-corrected chi connectivity index (χ2v) is 5.50. The van der Waals surface area contributed by atoms with Crippen LogP contribution in [0.5, 0.6) is 0 Å². The third-order valence-corrected chi connectivity index (χ3v) is 3.52. The van der Waals surface area contributed by atoms with E-state index in [1.165, 1.54) is 5.56 Å². The molecule has 94 valence electrons. The highest BCUT2D eigenvalue weighted by Gasteiger charge is 2.07. The summed E-state index contributed by atoms with van der Waals surface area (Å²) in [5.41, 5.74) is 8.66. The molecule has 2 rings (SSSR count). The Morgan fingerprint density at radius 3 is 2.50 bits per heavy atom. The summed E-state index contributed by atoms with van der Waals surface area (Å²) in [5.74, 6) is 0. The lowest BCUT2D eigenvalue weighted by Crippen LogP contribution is -2.08. The first-order chi connectivity index (χ1) is 8.56. The van der Waals surface area contributed by atoms with E-state index in [2.05, 4.69) is 40.3 Å². The van der Waals surface area contributed by atoms with Gasteiger partial charge in [0.1, 0.15) is 0 Å². The number of benzene rings is 2. The van der Waals surface area contributed by atoms with Crippen LogP contribution < -0.4 is 11.1 Å². The number of halogens is 2. The van der Waals surface area contributed by atoms with Gasteiger partial charge in [-0.05, 0) is 42.8 Å². The molecule has 1 unspecified atom stereocenters. The molecule has 0 radical (unpaired) electrons. The van der Waals surface area contributed by atoms with Gasteiger partial charge in [-0.25, -0.2) is 0 Å². The van der Waals surface area contributed by atoms with Crippen molar-refractivity contribution >= 4 is 38.9 Å². The van der Waals surface area contributed by atoms with Crippen LogP contribution in [0, 0.1) is 0 Å². The Kier molecular flexibility index (Phi) is 4.15. The topological polar surface area (TPSA) is 38.0 Å². The molecule has 0 heterocycles. The summed E-state index contributed by atoms with van der Waals surface area (Å²) in [7, 11) is 0. The van der Waals surface area contributed by atoms with Crippen LogP contribution in [0.15, 0.2) is 46.9 Å². The van der Waals surface area contributed by atoms with Gasteiger partial charge in [0.25, 0.3) is 0 Å². The average Bonchev–Trinajstić information content (AvgIpc) is 2.34. The molecule has 0 saturated carbocycles. The van der Waals surface area contributed by atoms with E-state index in [4.69, 9.17) is 17.3 Å². The van der Waals surface area contributed by atoms with Crippen LogP contribution in [-0.2, 0) is 0 Å². The molecule has 0 saturated heterocycles. The molecule has 4 heteroatoms. The van der Waals surface area contributed by atoms with Crippen molar-refractivity contribution < 1.29 is 0 Å². The minimum atomic E-state index is 0.166. The molecule has 0 amide bonds. The molecule has 18 heavy (non-hydrogen) atoms. The Balaban J connectivity index is 2.18. The van der Waals surface area contributed by atoms with Crippen LogP contribution >= 0.6 is 27.5 Å². The van der Waals surface area contributed by atoms with E-state index in [1.54, 1.807) is 12.1 Å². The number of rotatable bonds is 3. The number of anilines is 2. The lowest BCUT2D eigenvalue weighted by Gasteiger charge is -2.17. The van der Waals surface area contributed by atoms with Crippen molar-refractivity contribution in [2.75, 3.05) is 11.1 Å². The monoisotopic (exact) mass is 324 g/mol. The van der Waals surface area contributed by atoms with Crippen molar-refractivity contribution in [3.8, 4) is 0 Å². The zero-order valence-corrected chi connectivity index (χ0v) is 12.3. The largest absolute Gasteiger partial charge is 0.397 e. The lowest BCUT2D eigenvalue weighted by atomic mass is 10.1. The van der Waals surface area contributed by atoms with Crippen LogP contribution in [0.3, 0.4) is 0 Å². The maximum Gasteiger partial charge on any atom is 0.0593 e. The SMILES string of the molecule is CC(Nc1cc(Cl)ccc1N)c1ccc(Br)cc1. The van der Waals surface area contributed by atoms with E-state index in [9.17, 15) is 0 Å². The molecule has 0 aliphatic rings. The van der Waals surface area contributed by atoms with Gasteiger partial charge >= 0.3 is 0 Å². The molecular weight excluding hydrogens is 312 g/mol. The van der Waals surface area contributed by atoms with Crippen molar-refractivity contribution in [2.45, 2.75) is 13.0 Å². The van der Waals surface area contributed by atoms with Gasteiger partial charge in [0, 0.05) is 15.5 Å². The molecule has 3 N–H and O–H groups in total. The molecule has 0 bridgehead atoms. The highest BCUT2D eigenvalue weighted by Crippen LogP contribution is 2.27. The van der Waals surface area contributed by atoms with Gasteiger partial charge in [-0.2, -0.15) is 0 Å². The van der Waals surface area contributed by atoms with Crippen molar-refractivity contribution in [3.63, 3.8) is 0 Å². The van der Waals surface area contributed by atoms with Crippen molar-refractivity contribution in [1.82, 2.24) is 0 Å². The molecule has 0 fully saturated rings. The second-order valence-electron chi connectivity index (χ2n) is 4.15. The Morgan fingerprint density at radius 1 is 1.17 bits per heavy atom. The summed E-state index contributed by atoms with van der Waals surface area (Å²) in [6.45, 7) is 2.09. The van der Waals surface area contributed by atoms with E-state index in [-0.39, 0.29) is 6.04 Å². The molecule has 0 aliphatic carbocycles. The maximum absolute atomic E-state index is 5.97. The standard InChI is InChI=1S/C14H14BrClN2/c1-9(10-2-4-11(15)5-3-10)18-14-8-12(16)6-7-13(14)17/h2-9,18H,17H2,1H3. The number of nitrogen functional groups attached to an aromatic ring is 1. The highest BCUT2D eigenvalue weighted by molar-refractivity contribution is 9.10. The van der Waals surface area contributed by atoms with E-state index >= 15 is 0 Å². The first-order valence-corrected chi connectivity index (χ1v) is 6.80. The molecule has 2 aromatic carbocycles. The fraction of sp³-hybridized carbons (Fsp3) is 0.143. The predicted octanol–water partition coefficient (Wildman–Crippen LogP) is 4.86. The molecule has 0 aromatic heterocycles. The van der Waals surface area contributed by atoms with E-state index in [0.29, 0.717) is 10.7 Å². The summed E-state index contributed by atoms with van der Waals surface area (Å²) >= 11 is 9.39. The van der Waals surface area contributed by atoms with E-state index < -0.39 is 0 Å². The number of nitrogens with two attached hydrogens (primary N) is 1. The van der Waals surface area contributed by atoms with Crippen LogP contribution in [0.25, 0.3) is 0 Å². The zero-order chi connectivity index (χ0) is 13.1. The van der Waals surface area contributed by atoms with Gasteiger partial charge in [-0.15, -0.1) is 0 Å². The number of nitrogens with one attached hydrogen (secondary N) is 1. The smallest absolute Gasteiger partial charge is 0.0593 e. The molecule has 0 spiro atoms. The third-order valence-electron chi connectivity index (χ3n) is 2.76. The lowest BCUT2D eigenvalue weighted by molar-refractivity contribution is 0.885. The summed E-state index contributed by atoms with van der Waals surface area (Å²) < 4.78 is 1.07. The van der Waals surface area contributed by atoms with Crippen LogP contribution in [-0.4, -0.2) is 0 Å². The van der Waals surface area contributed by atoms with E-state index in [1.807, 2.05) is 18.2 Å². The third kappa shape index (κ3) is 3.18. The summed E-state index contributed by atoms with van der Waals surface area (Å²) in [4.78, 5) is 0. The second kappa shape index (κ2) is 5.63. The van der Waals surface area contributed by atoms with Gasteiger partial charge in [0.2, 0.25) is 0 Å². The van der Waals surface area contributed by atoms with Gasteiger partial charge < -0.3 is 11.1 Å². The maximum atomic E-state index is 5.97. The minimum Gasteiger partial charge on any atom is -0.397 e. The molecule has 0 aliphatic heterocycles. The van der Waals surface area contributed by atoms with Gasteiger partial charge in [-0.1, -0.05) is 39.7 Å². The molecular formula is C14H14BrClN2. The van der Waals surface area contributed by atoms with Gasteiger partial charge in [-0.3, -0.25) is 0 Å². The quantitative estimate of drug-likeness (QED) is 0.791. The van der Waals surface area contributed by atoms with Gasteiger partial charge in [0.15, 0.2) is 0 Å². The zero-order valence-electron chi connectivity index (χ0n) is 9.95. The average molecular weight is 326 g/mol. The predicted molar refractivity (Wildman–Crippen MR) is 82.0 cm³/mol. The number of hydrogen-bond donors (Lipinski definition) is 2. The fourth-order valence-electron chi connectivity index (χ4n) is 1.72. The highest BCUT2D eigenvalue weighted by atomic mass is 79.9. The van der Waals surface area contributed by atoms with Gasteiger partial charge in [0.05, 0.1) is 11.4 Å². The Morgan fingerprint density at radius 2 is 1.83 bits per heavy atom. The summed E-state index contributed by atoms with van der Waals surface area (Å²) in [5, 5.41) is 4.04. The van der Waals surface area contributed by atoms with Crippen LogP contribution in [0.4, 0.5) is 11.4 Å².